The second kappa shape index (κ2) is 8.61. The number of carbonyl (C=O) groups excluding carboxylic acids is 2. The zero-order valence-corrected chi connectivity index (χ0v) is 19.7. The molecule has 1 fully saturated rings. The molecule has 7 heteroatoms. The number of amides is 2. The first kappa shape index (κ1) is 21.2. The Morgan fingerprint density at radius 2 is 1.93 bits per heavy atom. The van der Waals surface area contributed by atoms with Gasteiger partial charge in [0.25, 0.3) is 11.1 Å². The van der Waals surface area contributed by atoms with Gasteiger partial charge in [0.1, 0.15) is 0 Å². The van der Waals surface area contributed by atoms with Gasteiger partial charge in [0.05, 0.1) is 4.91 Å². The molecule has 0 N–H and O–H groups in total. The largest absolute Gasteiger partial charge is 0.342 e. The van der Waals surface area contributed by atoms with Gasteiger partial charge in [-0.2, -0.15) is 0 Å². The van der Waals surface area contributed by atoms with Crippen molar-refractivity contribution in [2.75, 3.05) is 6.54 Å². The van der Waals surface area contributed by atoms with Crippen molar-refractivity contribution < 1.29 is 9.59 Å². The number of rotatable bonds is 5. The summed E-state index contributed by atoms with van der Waals surface area (Å²) < 4.78 is 3.07. The number of carbonyl (C=O) groups is 2. The summed E-state index contributed by atoms with van der Waals surface area (Å²) in [6.07, 6.45) is 3.83. The van der Waals surface area contributed by atoms with Crippen LogP contribution < -0.4 is 0 Å². The summed E-state index contributed by atoms with van der Waals surface area (Å²) in [7, 11) is 0. The van der Waals surface area contributed by atoms with Crippen LogP contribution in [0.15, 0.2) is 58.0 Å². The number of halogens is 2. The molecule has 1 aromatic heterocycles. The number of aromatic nitrogens is 1. The molecule has 2 amide bonds. The highest BCUT2D eigenvalue weighted by Gasteiger charge is 2.35. The molecule has 1 aliphatic rings. The van der Waals surface area contributed by atoms with Crippen LogP contribution in [0.2, 0.25) is 5.02 Å². The first-order chi connectivity index (χ1) is 14.3. The Hall–Kier alpha value is -2.02. The zero-order valence-electron chi connectivity index (χ0n) is 16.6. The molecule has 30 heavy (non-hydrogen) atoms. The van der Waals surface area contributed by atoms with Crippen LogP contribution >= 0.6 is 39.3 Å². The predicted molar refractivity (Wildman–Crippen MR) is 128 cm³/mol. The summed E-state index contributed by atoms with van der Waals surface area (Å²) in [5, 5.41) is 1.51. The molecule has 4 nitrogen and oxygen atoms in total. The molecule has 0 unspecified atom stereocenters. The van der Waals surface area contributed by atoms with E-state index in [-0.39, 0.29) is 17.1 Å². The standard InChI is InChI=1S/C23H20BrClN2O2S/c1-14(2)11-27-22(28)21(30-23(27)29)9-16-13-26(12-15-5-3-4-6-19(15)25)20-8-7-17(24)10-18(16)20/h3-10,13-14H,11-12H2,1-2H3/b21-9-. The van der Waals surface area contributed by atoms with Gasteiger partial charge in [0.2, 0.25) is 0 Å². The number of imide groups is 1. The zero-order chi connectivity index (χ0) is 21.4. The number of hydrogen-bond donors (Lipinski definition) is 0. The van der Waals surface area contributed by atoms with Gasteiger partial charge in [0.15, 0.2) is 0 Å². The van der Waals surface area contributed by atoms with Crippen molar-refractivity contribution in [1.82, 2.24) is 9.47 Å². The minimum Gasteiger partial charge on any atom is -0.342 e. The third-order valence-electron chi connectivity index (χ3n) is 4.88. The fraction of sp³-hybridized carbons (Fsp3) is 0.217. The van der Waals surface area contributed by atoms with Crippen molar-refractivity contribution >= 4 is 67.4 Å². The highest BCUT2D eigenvalue weighted by molar-refractivity contribution is 9.10. The first-order valence-electron chi connectivity index (χ1n) is 9.60. The van der Waals surface area contributed by atoms with Crippen molar-refractivity contribution in [3.63, 3.8) is 0 Å². The molecule has 0 bridgehead atoms. The monoisotopic (exact) mass is 502 g/mol. The number of fused-ring (bicyclic) bond motifs is 1. The minimum atomic E-state index is -0.222. The Morgan fingerprint density at radius 1 is 1.17 bits per heavy atom. The summed E-state index contributed by atoms with van der Waals surface area (Å²) in [6, 6.07) is 13.8. The highest BCUT2D eigenvalue weighted by atomic mass is 79.9. The van der Waals surface area contributed by atoms with Crippen LogP contribution in [0.5, 0.6) is 0 Å². The van der Waals surface area contributed by atoms with Crippen molar-refractivity contribution in [2.45, 2.75) is 20.4 Å². The van der Waals surface area contributed by atoms with E-state index < -0.39 is 0 Å². The van der Waals surface area contributed by atoms with E-state index in [9.17, 15) is 9.59 Å². The van der Waals surface area contributed by atoms with E-state index in [1.165, 1.54) is 4.90 Å². The second-order valence-corrected chi connectivity index (χ2v) is 9.97. The topological polar surface area (TPSA) is 42.3 Å². The lowest BCUT2D eigenvalue weighted by Crippen LogP contribution is -2.31. The number of nitrogens with zero attached hydrogens (tertiary/aromatic N) is 2. The molecule has 0 saturated carbocycles. The molecule has 2 heterocycles. The summed E-state index contributed by atoms with van der Waals surface area (Å²) in [5.41, 5.74) is 2.95. The van der Waals surface area contributed by atoms with Crippen LogP contribution in [0, 0.1) is 5.92 Å². The van der Waals surface area contributed by atoms with Gasteiger partial charge < -0.3 is 4.57 Å². The van der Waals surface area contributed by atoms with E-state index >= 15 is 0 Å². The van der Waals surface area contributed by atoms with Crippen LogP contribution in [0.3, 0.4) is 0 Å². The smallest absolute Gasteiger partial charge is 0.293 e. The number of thioether (sulfide) groups is 1. The van der Waals surface area contributed by atoms with Crippen LogP contribution in [-0.2, 0) is 11.3 Å². The molecule has 154 valence electrons. The van der Waals surface area contributed by atoms with E-state index in [1.807, 2.05) is 68.6 Å². The van der Waals surface area contributed by atoms with Gasteiger partial charge in [-0.05, 0) is 53.6 Å². The quantitative estimate of drug-likeness (QED) is 0.360. The second-order valence-electron chi connectivity index (χ2n) is 7.65. The lowest BCUT2D eigenvalue weighted by atomic mass is 10.1. The fourth-order valence-electron chi connectivity index (χ4n) is 3.52. The Labute approximate surface area is 193 Å². The highest BCUT2D eigenvalue weighted by Crippen LogP contribution is 2.35. The van der Waals surface area contributed by atoms with E-state index in [0.29, 0.717) is 23.0 Å². The first-order valence-corrected chi connectivity index (χ1v) is 11.6. The molecular formula is C23H20BrClN2O2S. The average Bonchev–Trinajstić information content (AvgIpc) is 3.15. The van der Waals surface area contributed by atoms with Gasteiger partial charge in [-0.1, -0.05) is 59.6 Å². The molecule has 4 rings (SSSR count). The SMILES string of the molecule is CC(C)CN1C(=O)S/C(=C\c2cn(Cc3ccccc3Cl)c3ccc(Br)cc23)C1=O. The summed E-state index contributed by atoms with van der Waals surface area (Å²) in [6.45, 7) is 5.03. The lowest BCUT2D eigenvalue weighted by molar-refractivity contribution is -0.123. The number of hydrogen-bond acceptors (Lipinski definition) is 3. The molecule has 1 saturated heterocycles. The molecule has 3 aromatic rings. The van der Waals surface area contributed by atoms with Gasteiger partial charge >= 0.3 is 0 Å². The van der Waals surface area contributed by atoms with Crippen molar-refractivity contribution in [3.8, 4) is 0 Å². The normalized spacial score (nSPS) is 15.9. The summed E-state index contributed by atoms with van der Waals surface area (Å²) in [4.78, 5) is 26.9. The van der Waals surface area contributed by atoms with Gasteiger partial charge in [0, 0.05) is 45.2 Å². The van der Waals surface area contributed by atoms with E-state index in [0.717, 1.165) is 38.3 Å². The molecule has 2 aromatic carbocycles. The third-order valence-corrected chi connectivity index (χ3v) is 6.65. The maximum atomic E-state index is 12.8. The summed E-state index contributed by atoms with van der Waals surface area (Å²) in [5.74, 6) is 0.00652. The van der Waals surface area contributed by atoms with Crippen LogP contribution in [0.1, 0.15) is 25.0 Å². The molecule has 1 aliphatic heterocycles. The van der Waals surface area contributed by atoms with E-state index in [2.05, 4.69) is 20.5 Å². The average molecular weight is 504 g/mol. The Bertz CT molecular complexity index is 1190. The van der Waals surface area contributed by atoms with Gasteiger partial charge in [-0.3, -0.25) is 14.5 Å². The Morgan fingerprint density at radius 3 is 2.67 bits per heavy atom. The Balaban J connectivity index is 1.75. The van der Waals surface area contributed by atoms with Crippen LogP contribution in [-0.4, -0.2) is 27.2 Å². The molecule has 0 atom stereocenters. The molecule has 0 spiro atoms. The van der Waals surface area contributed by atoms with Crippen LogP contribution in [0.25, 0.3) is 17.0 Å². The maximum Gasteiger partial charge on any atom is 0.293 e. The van der Waals surface area contributed by atoms with E-state index in [4.69, 9.17) is 11.6 Å². The number of benzene rings is 2. The van der Waals surface area contributed by atoms with Crippen molar-refractivity contribution in [3.05, 3.63) is 74.2 Å². The summed E-state index contributed by atoms with van der Waals surface area (Å²) >= 11 is 10.9. The molecular weight excluding hydrogens is 484 g/mol. The fourth-order valence-corrected chi connectivity index (χ4v) is 4.91. The van der Waals surface area contributed by atoms with Crippen molar-refractivity contribution in [1.29, 1.82) is 0 Å². The third kappa shape index (κ3) is 4.22. The predicted octanol–water partition coefficient (Wildman–Crippen LogP) is 6.80. The molecule has 0 aliphatic carbocycles. The maximum absolute atomic E-state index is 12.8. The Kier molecular flexibility index (Phi) is 6.09. The van der Waals surface area contributed by atoms with Crippen molar-refractivity contribution in [2.24, 2.45) is 5.92 Å². The van der Waals surface area contributed by atoms with Gasteiger partial charge in [-0.15, -0.1) is 0 Å². The van der Waals surface area contributed by atoms with Gasteiger partial charge in [-0.25, -0.2) is 0 Å². The minimum absolute atomic E-state index is 0.207. The van der Waals surface area contributed by atoms with E-state index in [1.54, 1.807) is 0 Å². The van der Waals surface area contributed by atoms with Crippen LogP contribution in [0.4, 0.5) is 4.79 Å². The lowest BCUT2D eigenvalue weighted by Gasteiger charge is -2.14. The molecule has 0 radical (unpaired) electrons.